The van der Waals surface area contributed by atoms with E-state index in [4.69, 9.17) is 4.74 Å². The number of carbonyl (C=O) groups is 2. The van der Waals surface area contributed by atoms with E-state index >= 15 is 0 Å². The van der Waals surface area contributed by atoms with Gasteiger partial charge in [-0.15, -0.1) is 0 Å². The number of hydrogen-bond acceptors (Lipinski definition) is 4. The zero-order chi connectivity index (χ0) is 23.2. The number of nitrogens with zero attached hydrogens (tertiary/aromatic N) is 2. The van der Waals surface area contributed by atoms with Crippen molar-refractivity contribution < 1.29 is 23.1 Å². The fourth-order valence-electron chi connectivity index (χ4n) is 4.37. The number of carbonyl (C=O) groups excluding carboxylic acids is 2. The maximum atomic E-state index is 14.4. The molecule has 2 aliphatic rings. The zero-order valence-corrected chi connectivity index (χ0v) is 17.9. The van der Waals surface area contributed by atoms with Crippen LogP contribution in [0.4, 0.5) is 14.5 Å². The van der Waals surface area contributed by atoms with Gasteiger partial charge in [-0.05, 0) is 55.2 Å². The smallest absolute Gasteiger partial charge is 0.269 e. The van der Waals surface area contributed by atoms with Gasteiger partial charge in [0, 0.05) is 43.2 Å². The average molecular weight is 449 g/mol. The molecule has 0 bridgehead atoms. The molecule has 6 nitrogen and oxygen atoms in total. The molecule has 0 atom stereocenters. The third-order valence-corrected chi connectivity index (χ3v) is 6.22. The van der Waals surface area contributed by atoms with Crippen molar-refractivity contribution in [2.24, 2.45) is 0 Å². The highest BCUT2D eigenvalue weighted by Crippen LogP contribution is 2.52. The molecule has 0 radical (unpaired) electrons. The Morgan fingerprint density at radius 1 is 1.06 bits per heavy atom. The quantitative estimate of drug-likeness (QED) is 0.636. The molecule has 1 aliphatic carbocycles. The standard InChI is InChI=1S/C25H21F2N3O3/c1-28-23(31)21-14-18(6-10-29-21)33-17-3-5-22-15(12-17)7-11-30(22)24(32)25(8-9-25)19-4-2-16(26)13-20(19)27/h2-6,10,12-14H,7-9,11H2,1H3,(H,28,31). The van der Waals surface area contributed by atoms with Crippen LogP contribution < -0.4 is 15.0 Å². The highest BCUT2D eigenvalue weighted by atomic mass is 19.1. The van der Waals surface area contributed by atoms with Crippen LogP contribution in [-0.4, -0.2) is 30.4 Å². The minimum Gasteiger partial charge on any atom is -0.457 e. The van der Waals surface area contributed by atoms with Crippen LogP contribution in [0.3, 0.4) is 0 Å². The second-order valence-electron chi connectivity index (χ2n) is 8.26. The number of halogens is 2. The second kappa shape index (κ2) is 7.95. The van der Waals surface area contributed by atoms with Crippen molar-refractivity contribution in [2.45, 2.75) is 24.7 Å². The Hall–Kier alpha value is -3.81. The summed E-state index contributed by atoms with van der Waals surface area (Å²) in [5.74, 6) is -0.770. The molecular formula is C25H21F2N3O3. The van der Waals surface area contributed by atoms with E-state index in [1.807, 2.05) is 12.1 Å². The van der Waals surface area contributed by atoms with Crippen LogP contribution in [-0.2, 0) is 16.6 Å². The molecular weight excluding hydrogens is 428 g/mol. The Balaban J connectivity index is 1.37. The van der Waals surface area contributed by atoms with Gasteiger partial charge in [-0.1, -0.05) is 6.07 Å². The van der Waals surface area contributed by atoms with Crippen LogP contribution in [0.15, 0.2) is 54.7 Å². The lowest BCUT2D eigenvalue weighted by atomic mass is 9.93. The van der Waals surface area contributed by atoms with E-state index in [-0.39, 0.29) is 23.1 Å². The molecule has 0 spiro atoms. The Labute approximate surface area is 189 Å². The second-order valence-corrected chi connectivity index (χ2v) is 8.26. The van der Waals surface area contributed by atoms with E-state index in [0.29, 0.717) is 37.3 Å². The summed E-state index contributed by atoms with van der Waals surface area (Å²) in [6.45, 7) is 0.484. The molecule has 168 valence electrons. The number of amides is 2. The van der Waals surface area contributed by atoms with Gasteiger partial charge in [0.2, 0.25) is 5.91 Å². The number of pyridine rings is 1. The maximum absolute atomic E-state index is 14.4. The molecule has 2 heterocycles. The van der Waals surface area contributed by atoms with Crippen molar-refractivity contribution in [1.82, 2.24) is 10.3 Å². The average Bonchev–Trinajstić information content (AvgIpc) is 3.51. The summed E-state index contributed by atoms with van der Waals surface area (Å²) in [6, 6.07) is 12.0. The lowest BCUT2D eigenvalue weighted by Gasteiger charge is -2.24. The minimum atomic E-state index is -0.929. The number of rotatable bonds is 5. The molecule has 5 rings (SSSR count). The SMILES string of the molecule is CNC(=O)c1cc(Oc2ccc3c(c2)CCN3C(=O)C2(c3ccc(F)cc3F)CC2)ccn1. The number of ether oxygens (including phenoxy) is 1. The van der Waals surface area contributed by atoms with Crippen molar-refractivity contribution in [2.75, 3.05) is 18.5 Å². The molecule has 3 aromatic rings. The largest absolute Gasteiger partial charge is 0.457 e. The summed E-state index contributed by atoms with van der Waals surface area (Å²) >= 11 is 0. The molecule has 0 unspecified atom stereocenters. The first-order chi connectivity index (χ1) is 15.9. The number of fused-ring (bicyclic) bond motifs is 1. The molecule has 1 aliphatic heterocycles. The lowest BCUT2D eigenvalue weighted by Crippen LogP contribution is -2.38. The Morgan fingerprint density at radius 2 is 1.85 bits per heavy atom. The molecule has 33 heavy (non-hydrogen) atoms. The van der Waals surface area contributed by atoms with Gasteiger partial charge >= 0.3 is 0 Å². The van der Waals surface area contributed by atoms with Gasteiger partial charge in [0.05, 0.1) is 5.41 Å². The number of anilines is 1. The van der Waals surface area contributed by atoms with Crippen molar-refractivity contribution in [3.8, 4) is 11.5 Å². The molecule has 1 N–H and O–H groups in total. The maximum Gasteiger partial charge on any atom is 0.269 e. The van der Waals surface area contributed by atoms with E-state index in [1.165, 1.54) is 25.4 Å². The van der Waals surface area contributed by atoms with Gasteiger partial charge in [-0.25, -0.2) is 8.78 Å². The van der Waals surface area contributed by atoms with Gasteiger partial charge in [0.1, 0.15) is 28.8 Å². The molecule has 1 fully saturated rings. The van der Waals surface area contributed by atoms with E-state index in [0.717, 1.165) is 17.3 Å². The van der Waals surface area contributed by atoms with Gasteiger partial charge in [-0.3, -0.25) is 14.6 Å². The number of hydrogen-bond donors (Lipinski definition) is 1. The van der Waals surface area contributed by atoms with Crippen molar-refractivity contribution >= 4 is 17.5 Å². The predicted molar refractivity (Wildman–Crippen MR) is 117 cm³/mol. The summed E-state index contributed by atoms with van der Waals surface area (Å²) in [4.78, 5) is 30.9. The Morgan fingerprint density at radius 3 is 2.58 bits per heavy atom. The lowest BCUT2D eigenvalue weighted by molar-refractivity contribution is -0.121. The van der Waals surface area contributed by atoms with Crippen LogP contribution >= 0.6 is 0 Å². The first-order valence-electron chi connectivity index (χ1n) is 10.7. The topological polar surface area (TPSA) is 71.5 Å². The normalized spacial score (nSPS) is 15.7. The molecule has 2 aromatic carbocycles. The monoisotopic (exact) mass is 449 g/mol. The van der Waals surface area contributed by atoms with Gasteiger partial charge < -0.3 is 15.0 Å². The summed E-state index contributed by atoms with van der Waals surface area (Å²) in [6.07, 6.45) is 3.21. The van der Waals surface area contributed by atoms with Crippen molar-refractivity contribution in [1.29, 1.82) is 0 Å². The Kier molecular flexibility index (Phi) is 5.08. The van der Waals surface area contributed by atoms with Crippen LogP contribution in [0.5, 0.6) is 11.5 Å². The van der Waals surface area contributed by atoms with E-state index < -0.39 is 17.0 Å². The van der Waals surface area contributed by atoms with Gasteiger partial charge in [-0.2, -0.15) is 0 Å². The summed E-state index contributed by atoms with van der Waals surface area (Å²) in [7, 11) is 1.53. The van der Waals surface area contributed by atoms with Gasteiger partial charge in [0.25, 0.3) is 5.91 Å². The molecule has 1 saturated carbocycles. The molecule has 1 aromatic heterocycles. The fraction of sp³-hybridized carbons (Fsp3) is 0.240. The van der Waals surface area contributed by atoms with E-state index in [2.05, 4.69) is 10.3 Å². The third kappa shape index (κ3) is 3.71. The van der Waals surface area contributed by atoms with Crippen LogP contribution in [0.2, 0.25) is 0 Å². The summed E-state index contributed by atoms with van der Waals surface area (Å²) < 4.78 is 33.7. The minimum absolute atomic E-state index is 0.162. The number of nitrogens with one attached hydrogen (secondary N) is 1. The molecule has 0 saturated heterocycles. The first kappa shape index (κ1) is 21.1. The zero-order valence-electron chi connectivity index (χ0n) is 17.9. The van der Waals surface area contributed by atoms with Crippen LogP contribution in [0, 0.1) is 11.6 Å². The third-order valence-electron chi connectivity index (χ3n) is 6.22. The fourth-order valence-corrected chi connectivity index (χ4v) is 4.37. The molecule has 8 heteroatoms. The van der Waals surface area contributed by atoms with Crippen molar-refractivity contribution in [3.63, 3.8) is 0 Å². The van der Waals surface area contributed by atoms with E-state index in [1.54, 1.807) is 23.1 Å². The highest BCUT2D eigenvalue weighted by molar-refractivity contribution is 6.04. The Bertz CT molecular complexity index is 1270. The first-order valence-corrected chi connectivity index (χ1v) is 10.7. The van der Waals surface area contributed by atoms with Crippen molar-refractivity contribution in [3.05, 3.63) is 83.2 Å². The molecule has 2 amide bonds. The number of benzene rings is 2. The predicted octanol–water partition coefficient (Wildman–Crippen LogP) is 4.13. The summed E-state index contributed by atoms with van der Waals surface area (Å²) in [5, 5.41) is 2.52. The van der Waals surface area contributed by atoms with Gasteiger partial charge in [0.15, 0.2) is 0 Å². The number of aromatic nitrogens is 1. The van der Waals surface area contributed by atoms with E-state index in [9.17, 15) is 18.4 Å². The highest BCUT2D eigenvalue weighted by Gasteiger charge is 2.55. The van der Waals surface area contributed by atoms with Crippen LogP contribution in [0.1, 0.15) is 34.5 Å². The van der Waals surface area contributed by atoms with Crippen LogP contribution in [0.25, 0.3) is 0 Å². The summed E-state index contributed by atoms with van der Waals surface area (Å²) in [5.41, 5.74) is 1.28.